The van der Waals surface area contributed by atoms with Gasteiger partial charge in [-0.1, -0.05) is 164 Å². The zero-order chi connectivity index (χ0) is 41.4. The minimum absolute atomic E-state index is 0.870. The van der Waals surface area contributed by atoms with E-state index < -0.39 is 0 Å². The van der Waals surface area contributed by atoms with E-state index in [1.165, 1.54) is 66.0 Å². The monoisotopic (exact) mass is 802 g/mol. The normalized spacial score (nSPS) is 11.8. The highest BCUT2D eigenvalue weighted by Gasteiger charge is 2.20. The average Bonchev–Trinajstić information content (AvgIpc) is 4.01. The van der Waals surface area contributed by atoms with Gasteiger partial charge in [-0.25, -0.2) is 0 Å². The molecule has 13 aromatic rings. The molecule has 3 aromatic heterocycles. The maximum atomic E-state index is 6.68. The van der Waals surface area contributed by atoms with Gasteiger partial charge in [0.2, 0.25) is 0 Å². The van der Waals surface area contributed by atoms with Crippen molar-refractivity contribution in [2.75, 3.05) is 0 Å². The van der Waals surface area contributed by atoms with E-state index in [1.807, 2.05) is 6.07 Å². The molecule has 294 valence electrons. The summed E-state index contributed by atoms with van der Waals surface area (Å²) in [7, 11) is 0. The van der Waals surface area contributed by atoms with Gasteiger partial charge in [0.05, 0.1) is 27.8 Å². The number of para-hydroxylation sites is 4. The molecule has 10 aromatic carbocycles. The van der Waals surface area contributed by atoms with Crippen molar-refractivity contribution >= 4 is 65.6 Å². The number of hydrogen-bond donors (Lipinski definition) is 0. The summed E-state index contributed by atoms with van der Waals surface area (Å²) in [5, 5.41) is 7.16. The molecule has 0 aliphatic rings. The van der Waals surface area contributed by atoms with E-state index in [1.54, 1.807) is 0 Å². The number of fused-ring (bicyclic) bond motifs is 9. The van der Waals surface area contributed by atoms with Crippen molar-refractivity contribution in [3.8, 4) is 55.9 Å². The van der Waals surface area contributed by atoms with Gasteiger partial charge in [0.15, 0.2) is 0 Å². The lowest BCUT2D eigenvalue weighted by Gasteiger charge is -2.13. The second-order valence-electron chi connectivity index (χ2n) is 16.5. The van der Waals surface area contributed by atoms with Gasteiger partial charge in [-0.15, -0.1) is 0 Å². The van der Waals surface area contributed by atoms with Crippen LogP contribution in [0.15, 0.2) is 235 Å². The third-order valence-corrected chi connectivity index (χ3v) is 12.9. The van der Waals surface area contributed by atoms with Crippen molar-refractivity contribution in [2.24, 2.45) is 0 Å². The fourth-order valence-electron chi connectivity index (χ4n) is 9.96. The van der Waals surface area contributed by atoms with Crippen LogP contribution in [0.25, 0.3) is 121 Å². The molecule has 0 atom stereocenters. The van der Waals surface area contributed by atoms with Gasteiger partial charge < -0.3 is 13.6 Å². The van der Waals surface area contributed by atoms with Crippen molar-refractivity contribution in [3.63, 3.8) is 0 Å². The van der Waals surface area contributed by atoms with Crippen LogP contribution in [0.1, 0.15) is 0 Å². The number of furan rings is 1. The molecule has 3 heterocycles. The van der Waals surface area contributed by atoms with Gasteiger partial charge in [-0.05, 0) is 105 Å². The lowest BCUT2D eigenvalue weighted by Crippen LogP contribution is -1.95. The Hall–Kier alpha value is -8.40. The van der Waals surface area contributed by atoms with Gasteiger partial charge >= 0.3 is 0 Å². The number of aromatic nitrogens is 2. The van der Waals surface area contributed by atoms with Gasteiger partial charge in [-0.2, -0.15) is 0 Å². The summed E-state index contributed by atoms with van der Waals surface area (Å²) < 4.78 is 11.5. The first-order valence-corrected chi connectivity index (χ1v) is 21.6. The first-order valence-electron chi connectivity index (χ1n) is 21.6. The number of nitrogens with zero attached hydrogens (tertiary/aromatic N) is 2. The van der Waals surface area contributed by atoms with Gasteiger partial charge in [0, 0.05) is 44.1 Å². The molecule has 0 bridgehead atoms. The second-order valence-corrected chi connectivity index (χ2v) is 16.5. The van der Waals surface area contributed by atoms with Crippen molar-refractivity contribution < 1.29 is 4.42 Å². The summed E-state index contributed by atoms with van der Waals surface area (Å²) in [6, 6.07) is 83.4. The molecule has 3 heteroatoms. The van der Waals surface area contributed by atoms with Gasteiger partial charge in [-0.3, -0.25) is 0 Å². The highest BCUT2D eigenvalue weighted by atomic mass is 16.3. The molecule has 0 spiro atoms. The zero-order valence-corrected chi connectivity index (χ0v) is 34.2. The van der Waals surface area contributed by atoms with Crippen LogP contribution in [-0.2, 0) is 0 Å². The Morgan fingerprint density at radius 1 is 0.254 bits per heavy atom. The third-order valence-electron chi connectivity index (χ3n) is 12.9. The Bertz CT molecular complexity index is 3870. The molecule has 0 radical (unpaired) electrons. The summed E-state index contributed by atoms with van der Waals surface area (Å²) in [6.45, 7) is 0. The van der Waals surface area contributed by atoms with Crippen molar-refractivity contribution in [1.29, 1.82) is 0 Å². The molecule has 63 heavy (non-hydrogen) atoms. The highest BCUT2D eigenvalue weighted by molar-refractivity contribution is 6.15. The number of rotatable bonds is 6. The number of benzene rings is 10. The standard InChI is InChI=1S/C60H38N2O/c1-3-13-39(14-4-1)40-23-25-41(26-24-40)42-27-29-43(30-28-42)51-37-47(38-59-60(51)50-19-9-12-22-58(50)63-59)62-55-21-11-8-18-49(55)53-36-45(32-34-57(53)62)44-31-33-56-52(35-44)48-17-7-10-20-54(48)61(56)46-15-5-2-6-16-46/h1-38H. The van der Waals surface area contributed by atoms with Gasteiger partial charge in [0.25, 0.3) is 0 Å². The van der Waals surface area contributed by atoms with Crippen LogP contribution in [0, 0.1) is 0 Å². The van der Waals surface area contributed by atoms with Crippen molar-refractivity contribution in [1.82, 2.24) is 9.13 Å². The van der Waals surface area contributed by atoms with Crippen LogP contribution in [0.3, 0.4) is 0 Å². The Balaban J connectivity index is 0.946. The molecule has 0 saturated heterocycles. The first-order chi connectivity index (χ1) is 31.2. The molecule has 0 N–H and O–H groups in total. The van der Waals surface area contributed by atoms with Crippen LogP contribution >= 0.6 is 0 Å². The van der Waals surface area contributed by atoms with Crippen molar-refractivity contribution in [2.45, 2.75) is 0 Å². The fraction of sp³-hybridized carbons (Fsp3) is 0. The quantitative estimate of drug-likeness (QED) is 0.164. The Morgan fingerprint density at radius 3 is 1.27 bits per heavy atom. The van der Waals surface area contributed by atoms with E-state index in [2.05, 4.69) is 234 Å². The molecular formula is C60H38N2O. The summed E-state index contributed by atoms with van der Waals surface area (Å²) in [5.41, 5.74) is 18.2. The van der Waals surface area contributed by atoms with E-state index in [4.69, 9.17) is 4.42 Å². The topological polar surface area (TPSA) is 23.0 Å². The van der Waals surface area contributed by atoms with Crippen LogP contribution in [0.4, 0.5) is 0 Å². The SMILES string of the molecule is c1ccc(-c2ccc(-c3ccc(-c4cc(-n5c6ccccc6c6cc(-c7ccc8c(c7)c7ccccc7n8-c7ccccc7)ccc65)cc5oc6ccccc6c45)cc3)cc2)cc1. The van der Waals surface area contributed by atoms with Crippen LogP contribution in [0.5, 0.6) is 0 Å². The molecule has 0 aliphatic carbocycles. The van der Waals surface area contributed by atoms with Crippen LogP contribution in [-0.4, -0.2) is 9.13 Å². The third kappa shape index (κ3) is 5.67. The van der Waals surface area contributed by atoms with E-state index >= 15 is 0 Å². The molecule has 0 unspecified atom stereocenters. The zero-order valence-electron chi connectivity index (χ0n) is 34.2. The molecule has 0 fully saturated rings. The number of hydrogen-bond acceptors (Lipinski definition) is 1. The van der Waals surface area contributed by atoms with Crippen LogP contribution < -0.4 is 0 Å². The Labute approximate surface area is 363 Å². The minimum Gasteiger partial charge on any atom is -0.456 e. The minimum atomic E-state index is 0.870. The molecule has 0 amide bonds. The van der Waals surface area contributed by atoms with Crippen LogP contribution in [0.2, 0.25) is 0 Å². The van der Waals surface area contributed by atoms with E-state index in [0.29, 0.717) is 0 Å². The maximum Gasteiger partial charge on any atom is 0.138 e. The summed E-state index contributed by atoms with van der Waals surface area (Å²) in [4.78, 5) is 0. The van der Waals surface area contributed by atoms with E-state index in [9.17, 15) is 0 Å². The molecule has 0 saturated carbocycles. The molecular weight excluding hydrogens is 765 g/mol. The summed E-state index contributed by atoms with van der Waals surface area (Å²) >= 11 is 0. The average molecular weight is 803 g/mol. The second kappa shape index (κ2) is 14.1. The highest BCUT2D eigenvalue weighted by Crippen LogP contribution is 2.43. The smallest absolute Gasteiger partial charge is 0.138 e. The Morgan fingerprint density at radius 2 is 0.683 bits per heavy atom. The lowest BCUT2D eigenvalue weighted by atomic mass is 9.95. The van der Waals surface area contributed by atoms with E-state index in [0.717, 1.165) is 55.5 Å². The first kappa shape index (κ1) is 35.4. The maximum absolute atomic E-state index is 6.68. The predicted octanol–water partition coefficient (Wildman–Crippen LogP) is 16.4. The molecule has 0 aliphatic heterocycles. The predicted molar refractivity (Wildman–Crippen MR) is 264 cm³/mol. The molecule has 13 rings (SSSR count). The van der Waals surface area contributed by atoms with Gasteiger partial charge in [0.1, 0.15) is 11.2 Å². The Kier molecular flexibility index (Phi) is 7.91. The largest absolute Gasteiger partial charge is 0.456 e. The summed E-state index contributed by atoms with van der Waals surface area (Å²) in [5.74, 6) is 0. The van der Waals surface area contributed by atoms with Crippen molar-refractivity contribution in [3.05, 3.63) is 231 Å². The van der Waals surface area contributed by atoms with E-state index in [-0.39, 0.29) is 0 Å². The lowest BCUT2D eigenvalue weighted by molar-refractivity contribution is 0.668. The fourth-order valence-corrected chi connectivity index (χ4v) is 9.96. The summed E-state index contributed by atoms with van der Waals surface area (Å²) in [6.07, 6.45) is 0. The molecule has 3 nitrogen and oxygen atoms in total.